The summed E-state index contributed by atoms with van der Waals surface area (Å²) in [5.41, 5.74) is 0.0826. The number of ether oxygens (including phenoxy) is 2. The fourth-order valence-electron chi connectivity index (χ4n) is 4.33. The van der Waals surface area contributed by atoms with Crippen LogP contribution in [0.2, 0.25) is 5.02 Å². The minimum absolute atomic E-state index is 0.0565. The molecule has 27 heavy (non-hydrogen) atoms. The number of nitrogens with one attached hydrogen (secondary N) is 1. The van der Waals surface area contributed by atoms with Crippen LogP contribution in [-0.4, -0.2) is 55.9 Å². The monoisotopic (exact) mass is 396 g/mol. The van der Waals surface area contributed by atoms with Crippen LogP contribution in [0.3, 0.4) is 0 Å². The Labute approximate surface area is 163 Å². The van der Waals surface area contributed by atoms with Crippen LogP contribution >= 0.6 is 11.6 Å². The van der Waals surface area contributed by atoms with Crippen LogP contribution in [0.1, 0.15) is 24.8 Å². The van der Waals surface area contributed by atoms with E-state index in [1.165, 1.54) is 7.11 Å². The first-order valence-corrected chi connectivity index (χ1v) is 9.46. The quantitative estimate of drug-likeness (QED) is 0.771. The van der Waals surface area contributed by atoms with Crippen molar-refractivity contribution in [2.24, 2.45) is 11.3 Å². The van der Waals surface area contributed by atoms with Gasteiger partial charge in [0.15, 0.2) is 11.5 Å². The summed E-state index contributed by atoms with van der Waals surface area (Å²) < 4.78 is 10.5. The van der Waals surface area contributed by atoms with Crippen molar-refractivity contribution in [2.45, 2.75) is 25.7 Å². The Bertz CT molecular complexity index is 741. The Kier molecular flexibility index (Phi) is 5.69. The van der Waals surface area contributed by atoms with E-state index in [1.807, 2.05) is 6.07 Å². The molecule has 3 rings (SSSR count). The summed E-state index contributed by atoms with van der Waals surface area (Å²) in [5.74, 6) is 0.301. The van der Waals surface area contributed by atoms with Gasteiger partial charge < -0.3 is 24.8 Å². The van der Waals surface area contributed by atoms with Gasteiger partial charge in [-0.3, -0.25) is 4.79 Å². The molecule has 2 aliphatic rings. The number of carbonyl (C=O) groups is 2. The number of nitrogens with zero attached hydrogens (tertiary/aromatic N) is 1. The maximum absolute atomic E-state index is 12.5. The molecule has 148 valence electrons. The molecule has 1 aliphatic heterocycles. The Hall–Kier alpha value is -2.15. The standard InChI is InChI=1S/C19H25ClN2O5/c1-26-14-6-5-12(15(20)16(14)27-2)7-9-21-18(25)22-10-13-4-3-8-19(13,11-22)17(23)24/h5-6,13H,3-4,7-11H2,1-2H3,(H,21,25)(H,23,24)/t13-,19+/m0/s1. The SMILES string of the molecule is COc1ccc(CCNC(=O)N2C[C@@H]3CCC[C@@]3(C(=O)O)C2)c(Cl)c1OC. The minimum atomic E-state index is -0.780. The molecule has 1 aliphatic carbocycles. The van der Waals surface area contributed by atoms with Crippen molar-refractivity contribution >= 4 is 23.6 Å². The Morgan fingerprint density at radius 1 is 1.37 bits per heavy atom. The number of likely N-dealkylation sites (tertiary alicyclic amines) is 1. The summed E-state index contributed by atoms with van der Waals surface area (Å²) >= 11 is 6.36. The zero-order valence-electron chi connectivity index (χ0n) is 15.6. The van der Waals surface area contributed by atoms with Crippen molar-refractivity contribution in [3.63, 3.8) is 0 Å². The van der Waals surface area contributed by atoms with Crippen LogP contribution in [0.4, 0.5) is 4.79 Å². The van der Waals surface area contributed by atoms with Crippen molar-refractivity contribution in [1.29, 1.82) is 0 Å². The number of urea groups is 1. The molecule has 7 nitrogen and oxygen atoms in total. The van der Waals surface area contributed by atoms with Gasteiger partial charge in [-0.25, -0.2) is 4.79 Å². The molecule has 0 spiro atoms. The summed E-state index contributed by atoms with van der Waals surface area (Å²) in [7, 11) is 3.07. The first-order chi connectivity index (χ1) is 12.9. The first-order valence-electron chi connectivity index (χ1n) is 9.08. The molecule has 1 aromatic carbocycles. The van der Waals surface area contributed by atoms with Crippen LogP contribution in [0.15, 0.2) is 12.1 Å². The van der Waals surface area contributed by atoms with Crippen molar-refractivity contribution in [1.82, 2.24) is 10.2 Å². The predicted molar refractivity (Wildman–Crippen MR) is 101 cm³/mol. The molecule has 2 atom stereocenters. The van der Waals surface area contributed by atoms with Gasteiger partial charge in [-0.15, -0.1) is 0 Å². The Morgan fingerprint density at radius 2 is 2.15 bits per heavy atom. The molecule has 2 N–H and O–H groups in total. The molecule has 1 saturated heterocycles. The van der Waals surface area contributed by atoms with Gasteiger partial charge in [-0.05, 0) is 36.8 Å². The molecule has 8 heteroatoms. The lowest BCUT2D eigenvalue weighted by molar-refractivity contribution is -0.149. The number of carboxylic acids is 1. The summed E-state index contributed by atoms with van der Waals surface area (Å²) in [5, 5.41) is 13.0. The van der Waals surface area contributed by atoms with Crippen molar-refractivity contribution < 1.29 is 24.2 Å². The van der Waals surface area contributed by atoms with E-state index < -0.39 is 11.4 Å². The lowest BCUT2D eigenvalue weighted by atomic mass is 9.81. The highest BCUT2D eigenvalue weighted by Gasteiger charge is 2.55. The van der Waals surface area contributed by atoms with E-state index in [2.05, 4.69) is 5.32 Å². The molecule has 0 unspecified atom stereocenters. The van der Waals surface area contributed by atoms with Crippen molar-refractivity contribution in [3.05, 3.63) is 22.7 Å². The third kappa shape index (κ3) is 3.52. The Morgan fingerprint density at radius 3 is 2.78 bits per heavy atom. The highest BCUT2D eigenvalue weighted by Crippen LogP contribution is 2.48. The third-order valence-corrected chi connectivity index (χ3v) is 6.23. The number of rotatable bonds is 6. The van der Waals surface area contributed by atoms with Gasteiger partial charge in [-0.2, -0.15) is 0 Å². The third-order valence-electron chi connectivity index (χ3n) is 5.82. The number of amides is 2. The average molecular weight is 397 g/mol. The van der Waals surface area contributed by atoms with Gasteiger partial charge in [0.25, 0.3) is 0 Å². The van der Waals surface area contributed by atoms with Gasteiger partial charge in [-0.1, -0.05) is 24.1 Å². The number of fused-ring (bicyclic) bond motifs is 1. The molecule has 0 bridgehead atoms. The van der Waals surface area contributed by atoms with Gasteiger partial charge in [0.2, 0.25) is 0 Å². The second kappa shape index (κ2) is 7.84. The lowest BCUT2D eigenvalue weighted by Crippen LogP contribution is -2.42. The van der Waals surface area contributed by atoms with Crippen LogP contribution in [0.25, 0.3) is 0 Å². The average Bonchev–Trinajstić information content (AvgIpc) is 3.21. The fraction of sp³-hybridized carbons (Fsp3) is 0.579. The molecule has 1 heterocycles. The number of carbonyl (C=O) groups excluding carboxylic acids is 1. The zero-order chi connectivity index (χ0) is 19.6. The van der Waals surface area contributed by atoms with E-state index in [-0.39, 0.29) is 18.5 Å². The molecule has 2 amide bonds. The first kappa shape index (κ1) is 19.6. The second-order valence-electron chi connectivity index (χ2n) is 7.19. The minimum Gasteiger partial charge on any atom is -0.493 e. The lowest BCUT2D eigenvalue weighted by Gasteiger charge is -2.23. The van der Waals surface area contributed by atoms with Crippen LogP contribution in [-0.2, 0) is 11.2 Å². The smallest absolute Gasteiger partial charge is 0.317 e. The van der Waals surface area contributed by atoms with E-state index in [9.17, 15) is 14.7 Å². The molecule has 1 saturated carbocycles. The number of hydrogen-bond donors (Lipinski definition) is 2. The van der Waals surface area contributed by atoms with Crippen molar-refractivity contribution in [2.75, 3.05) is 33.9 Å². The number of hydrogen-bond acceptors (Lipinski definition) is 4. The molecule has 0 radical (unpaired) electrons. The summed E-state index contributed by atoms with van der Waals surface area (Å²) in [6.07, 6.45) is 2.98. The van der Waals surface area contributed by atoms with E-state index in [0.29, 0.717) is 42.5 Å². The second-order valence-corrected chi connectivity index (χ2v) is 7.57. The predicted octanol–water partition coefficient (Wildman–Crippen LogP) is 2.80. The number of methoxy groups -OCH3 is 2. The summed E-state index contributed by atoms with van der Waals surface area (Å²) in [6.45, 7) is 1.19. The van der Waals surface area contributed by atoms with E-state index in [4.69, 9.17) is 21.1 Å². The topological polar surface area (TPSA) is 88.1 Å². The zero-order valence-corrected chi connectivity index (χ0v) is 16.3. The maximum Gasteiger partial charge on any atom is 0.317 e. The van der Waals surface area contributed by atoms with E-state index in [1.54, 1.807) is 18.1 Å². The van der Waals surface area contributed by atoms with Gasteiger partial charge in [0, 0.05) is 19.6 Å². The highest BCUT2D eigenvalue weighted by molar-refractivity contribution is 6.33. The van der Waals surface area contributed by atoms with Gasteiger partial charge in [0.1, 0.15) is 0 Å². The maximum atomic E-state index is 12.5. The van der Waals surface area contributed by atoms with Gasteiger partial charge >= 0.3 is 12.0 Å². The van der Waals surface area contributed by atoms with Gasteiger partial charge in [0.05, 0.1) is 24.7 Å². The van der Waals surface area contributed by atoms with Crippen LogP contribution in [0, 0.1) is 11.3 Å². The van der Waals surface area contributed by atoms with Crippen molar-refractivity contribution in [3.8, 4) is 11.5 Å². The molecular formula is C19H25ClN2O5. The van der Waals surface area contributed by atoms with E-state index in [0.717, 1.165) is 18.4 Å². The van der Waals surface area contributed by atoms with E-state index >= 15 is 0 Å². The molecule has 2 fully saturated rings. The largest absolute Gasteiger partial charge is 0.493 e. The Balaban J connectivity index is 1.57. The van der Waals surface area contributed by atoms with Crippen LogP contribution < -0.4 is 14.8 Å². The molecule has 1 aromatic rings. The number of aliphatic carboxylic acids is 1. The summed E-state index contributed by atoms with van der Waals surface area (Å²) in [4.78, 5) is 25.8. The fourth-order valence-corrected chi connectivity index (χ4v) is 4.66. The normalized spacial score (nSPS) is 23.8. The number of benzene rings is 1. The summed E-state index contributed by atoms with van der Waals surface area (Å²) in [6, 6.07) is 3.40. The van der Waals surface area contributed by atoms with Crippen LogP contribution in [0.5, 0.6) is 11.5 Å². The number of carboxylic acid groups (broad SMARTS) is 1. The molecule has 0 aromatic heterocycles. The molecular weight excluding hydrogens is 372 g/mol. The number of halogens is 1. The highest BCUT2D eigenvalue weighted by atomic mass is 35.5.